The molecule has 2 aromatic carbocycles. The summed E-state index contributed by atoms with van der Waals surface area (Å²) in [5.41, 5.74) is 4.93. The van der Waals surface area contributed by atoms with Crippen molar-refractivity contribution in [2.24, 2.45) is 5.73 Å². The number of alkyl halides is 3. The first-order valence-corrected chi connectivity index (χ1v) is 11.8. The van der Waals surface area contributed by atoms with E-state index in [1.54, 1.807) is 24.3 Å². The van der Waals surface area contributed by atoms with Gasteiger partial charge in [-0.05, 0) is 43.0 Å². The van der Waals surface area contributed by atoms with Gasteiger partial charge in [0.1, 0.15) is 5.75 Å². The van der Waals surface area contributed by atoms with E-state index in [2.05, 4.69) is 4.52 Å². The molecule has 2 rings (SSSR count). The standard InChI is InChI=1S/C22H27F3NO7P/c1-15(28)18-5-2-16(3-6-18)9-11-32-20-7-4-17(12-19(20)22(23,24)25)8-10-21(26,13-27)14-33-34(29,30)31/h2-7,12,27H,8-11,13-14,26H2,1H3,(H2,29,30,31). The van der Waals surface area contributed by atoms with Crippen LogP contribution in [0.25, 0.3) is 0 Å². The monoisotopic (exact) mass is 505 g/mol. The molecule has 0 fully saturated rings. The van der Waals surface area contributed by atoms with Gasteiger partial charge in [-0.25, -0.2) is 4.57 Å². The van der Waals surface area contributed by atoms with Crippen LogP contribution in [0.2, 0.25) is 0 Å². The molecule has 2 aromatic rings. The van der Waals surface area contributed by atoms with Gasteiger partial charge in [0, 0.05) is 12.0 Å². The highest BCUT2D eigenvalue weighted by Gasteiger charge is 2.35. The second kappa shape index (κ2) is 11.4. The number of nitrogens with two attached hydrogens (primary N) is 1. The molecule has 0 saturated carbocycles. The number of aliphatic hydroxyl groups excluding tert-OH is 1. The molecule has 1 unspecified atom stereocenters. The summed E-state index contributed by atoms with van der Waals surface area (Å²) in [5, 5.41) is 9.45. The normalized spacial score (nSPS) is 14.0. The number of hydrogen-bond donors (Lipinski definition) is 4. The van der Waals surface area contributed by atoms with Crippen molar-refractivity contribution >= 4 is 13.6 Å². The Labute approximate surface area is 194 Å². The summed E-state index contributed by atoms with van der Waals surface area (Å²) in [6, 6.07) is 10.2. The number of aliphatic hydroxyl groups is 1. The fourth-order valence-electron chi connectivity index (χ4n) is 3.07. The average molecular weight is 505 g/mol. The van der Waals surface area contributed by atoms with Gasteiger partial charge in [0.25, 0.3) is 0 Å². The first-order chi connectivity index (χ1) is 15.7. The third-order valence-corrected chi connectivity index (χ3v) is 5.57. The molecular formula is C22H27F3NO7P. The zero-order valence-corrected chi connectivity index (χ0v) is 19.3. The number of carbonyl (C=O) groups excluding carboxylic acids is 1. The molecule has 0 amide bonds. The van der Waals surface area contributed by atoms with E-state index in [1.807, 2.05) is 0 Å². The van der Waals surface area contributed by atoms with E-state index in [4.69, 9.17) is 20.3 Å². The zero-order chi connectivity index (χ0) is 25.6. The molecule has 8 nitrogen and oxygen atoms in total. The minimum Gasteiger partial charge on any atom is -0.493 e. The number of hydrogen-bond acceptors (Lipinski definition) is 6. The van der Waals surface area contributed by atoms with Gasteiger partial charge in [0.05, 0.1) is 30.9 Å². The molecule has 34 heavy (non-hydrogen) atoms. The van der Waals surface area contributed by atoms with Crippen molar-refractivity contribution in [1.82, 2.24) is 0 Å². The van der Waals surface area contributed by atoms with E-state index >= 15 is 0 Å². The van der Waals surface area contributed by atoms with Gasteiger partial charge in [0.15, 0.2) is 5.78 Å². The number of rotatable bonds is 12. The third kappa shape index (κ3) is 8.83. The maximum Gasteiger partial charge on any atom is 0.469 e. The molecule has 188 valence electrons. The van der Waals surface area contributed by atoms with Crippen LogP contribution in [0, 0.1) is 0 Å². The highest BCUT2D eigenvalue weighted by atomic mass is 31.2. The molecule has 0 aliphatic rings. The lowest BCUT2D eigenvalue weighted by Gasteiger charge is -2.27. The van der Waals surface area contributed by atoms with Crippen LogP contribution >= 0.6 is 7.82 Å². The summed E-state index contributed by atoms with van der Waals surface area (Å²) in [6.07, 6.45) is -4.44. The van der Waals surface area contributed by atoms with E-state index in [1.165, 1.54) is 19.1 Å². The maximum atomic E-state index is 13.6. The SMILES string of the molecule is CC(=O)c1ccc(CCOc2ccc(CCC(N)(CO)COP(=O)(O)O)cc2C(F)(F)F)cc1. The van der Waals surface area contributed by atoms with E-state index in [0.29, 0.717) is 12.0 Å². The van der Waals surface area contributed by atoms with Crippen molar-refractivity contribution in [3.8, 4) is 5.75 Å². The van der Waals surface area contributed by atoms with Crippen LogP contribution in [0.4, 0.5) is 13.2 Å². The highest BCUT2D eigenvalue weighted by Crippen LogP contribution is 2.38. The first-order valence-electron chi connectivity index (χ1n) is 10.2. The van der Waals surface area contributed by atoms with Crippen LogP contribution in [0.1, 0.15) is 40.4 Å². The van der Waals surface area contributed by atoms with Crippen molar-refractivity contribution in [3.05, 3.63) is 64.7 Å². The molecule has 0 spiro atoms. The summed E-state index contributed by atoms with van der Waals surface area (Å²) in [5.74, 6) is -0.430. The summed E-state index contributed by atoms with van der Waals surface area (Å²) in [7, 11) is -4.82. The molecule has 0 radical (unpaired) electrons. The predicted octanol–water partition coefficient (Wildman–Crippen LogP) is 3.26. The van der Waals surface area contributed by atoms with Gasteiger partial charge in [-0.1, -0.05) is 30.3 Å². The number of benzene rings is 2. The summed E-state index contributed by atoms with van der Waals surface area (Å²) in [6.45, 7) is 0.0636. The van der Waals surface area contributed by atoms with Crippen LogP contribution < -0.4 is 10.5 Å². The van der Waals surface area contributed by atoms with Gasteiger partial charge in [0.2, 0.25) is 0 Å². The zero-order valence-electron chi connectivity index (χ0n) is 18.4. The van der Waals surface area contributed by atoms with E-state index in [-0.39, 0.29) is 36.5 Å². The Bertz CT molecular complexity index is 1020. The Morgan fingerprint density at radius 1 is 1.06 bits per heavy atom. The lowest BCUT2D eigenvalue weighted by atomic mass is 9.93. The Morgan fingerprint density at radius 2 is 1.68 bits per heavy atom. The second-order valence-corrected chi connectivity index (χ2v) is 9.20. The Kier molecular flexibility index (Phi) is 9.41. The fourth-order valence-corrected chi connectivity index (χ4v) is 3.49. The average Bonchev–Trinajstić information content (AvgIpc) is 2.76. The van der Waals surface area contributed by atoms with E-state index in [9.17, 15) is 27.6 Å². The minimum atomic E-state index is -4.82. The lowest BCUT2D eigenvalue weighted by Crippen LogP contribution is -2.48. The third-order valence-electron chi connectivity index (χ3n) is 5.10. The molecule has 0 bridgehead atoms. The minimum absolute atomic E-state index is 0.00651. The van der Waals surface area contributed by atoms with Crippen LogP contribution in [0.15, 0.2) is 42.5 Å². The van der Waals surface area contributed by atoms with Crippen molar-refractivity contribution in [3.63, 3.8) is 0 Å². The highest BCUT2D eigenvalue weighted by molar-refractivity contribution is 7.46. The number of halogens is 3. The molecule has 0 aromatic heterocycles. The van der Waals surface area contributed by atoms with Gasteiger partial charge in [-0.2, -0.15) is 13.2 Å². The molecular weight excluding hydrogens is 478 g/mol. The first kappa shape index (κ1) is 28.0. The van der Waals surface area contributed by atoms with Crippen molar-refractivity contribution in [2.45, 2.75) is 37.9 Å². The number of aryl methyl sites for hydroxylation is 1. The van der Waals surface area contributed by atoms with Crippen molar-refractivity contribution in [1.29, 1.82) is 0 Å². The number of Topliss-reactive ketones (excluding diaryl/α,β-unsaturated/α-hetero) is 1. The van der Waals surface area contributed by atoms with E-state index < -0.39 is 38.3 Å². The molecule has 0 aliphatic carbocycles. The van der Waals surface area contributed by atoms with Crippen LogP contribution in [-0.2, 0) is 28.1 Å². The van der Waals surface area contributed by atoms with Crippen LogP contribution in [-0.4, -0.2) is 46.0 Å². The number of carbonyl (C=O) groups is 1. The van der Waals surface area contributed by atoms with Crippen LogP contribution in [0.3, 0.4) is 0 Å². The molecule has 0 heterocycles. The maximum absolute atomic E-state index is 13.6. The largest absolute Gasteiger partial charge is 0.493 e. The van der Waals surface area contributed by atoms with Gasteiger partial charge in [-0.15, -0.1) is 0 Å². The topological polar surface area (TPSA) is 139 Å². The van der Waals surface area contributed by atoms with Gasteiger partial charge in [-0.3, -0.25) is 9.32 Å². The Morgan fingerprint density at radius 3 is 2.21 bits per heavy atom. The van der Waals surface area contributed by atoms with E-state index in [0.717, 1.165) is 11.6 Å². The van der Waals surface area contributed by atoms with Gasteiger partial charge >= 0.3 is 14.0 Å². The second-order valence-electron chi connectivity index (χ2n) is 7.96. The summed E-state index contributed by atoms with van der Waals surface area (Å²) < 4.78 is 61.4. The molecule has 5 N–H and O–H groups in total. The summed E-state index contributed by atoms with van der Waals surface area (Å²) in [4.78, 5) is 28.9. The molecule has 0 aliphatic heterocycles. The number of phosphoric acid groups is 1. The predicted molar refractivity (Wildman–Crippen MR) is 117 cm³/mol. The van der Waals surface area contributed by atoms with Crippen LogP contribution in [0.5, 0.6) is 5.75 Å². The lowest BCUT2D eigenvalue weighted by molar-refractivity contribution is -0.139. The number of ketones is 1. The fraction of sp³-hybridized carbons (Fsp3) is 0.409. The number of ether oxygens (including phenoxy) is 1. The summed E-state index contributed by atoms with van der Waals surface area (Å²) >= 11 is 0. The quantitative estimate of drug-likeness (QED) is 0.255. The molecule has 12 heteroatoms. The molecule has 0 saturated heterocycles. The van der Waals surface area contributed by atoms with Crippen molar-refractivity contribution < 1.29 is 46.7 Å². The van der Waals surface area contributed by atoms with Crippen molar-refractivity contribution in [2.75, 3.05) is 19.8 Å². The Balaban J connectivity index is 2.06. The molecule has 1 atom stereocenters. The van der Waals surface area contributed by atoms with Gasteiger partial charge < -0.3 is 25.4 Å². The Hall–Kier alpha value is -2.27. The number of phosphoric ester groups is 1. The smallest absolute Gasteiger partial charge is 0.469 e.